The zero-order chi connectivity index (χ0) is 17.5. The van der Waals surface area contributed by atoms with E-state index in [0.29, 0.717) is 16.4 Å². The fourth-order valence-electron chi connectivity index (χ4n) is 2.44. The molecule has 3 rings (SSSR count). The van der Waals surface area contributed by atoms with Gasteiger partial charge < -0.3 is 10.6 Å². The van der Waals surface area contributed by atoms with Crippen molar-refractivity contribution in [1.29, 1.82) is 0 Å². The number of aryl methyl sites for hydroxylation is 2. The molecule has 126 valence electrons. The third kappa shape index (κ3) is 3.24. The SMILES string of the molecule is Cc1ccc(NC(=O)[C@H]2Nc3cc(C)ccc3S(=O)(=O)N2)c(Cl)c1. The van der Waals surface area contributed by atoms with Gasteiger partial charge in [-0.2, -0.15) is 4.72 Å². The molecule has 3 N–H and O–H groups in total. The normalized spacial score (nSPS) is 18.4. The van der Waals surface area contributed by atoms with Gasteiger partial charge in [0.15, 0.2) is 6.17 Å². The molecule has 0 aliphatic carbocycles. The number of nitrogens with one attached hydrogen (secondary N) is 3. The van der Waals surface area contributed by atoms with Crippen molar-refractivity contribution in [3.8, 4) is 0 Å². The Morgan fingerprint density at radius 3 is 2.50 bits per heavy atom. The average Bonchev–Trinajstić information content (AvgIpc) is 2.48. The number of sulfonamides is 1. The Morgan fingerprint density at radius 2 is 1.79 bits per heavy atom. The molecule has 0 radical (unpaired) electrons. The van der Waals surface area contributed by atoms with Gasteiger partial charge in [-0.1, -0.05) is 23.7 Å². The van der Waals surface area contributed by atoms with Gasteiger partial charge in [0.1, 0.15) is 4.90 Å². The number of carbonyl (C=O) groups is 1. The van der Waals surface area contributed by atoms with Crippen molar-refractivity contribution >= 4 is 38.9 Å². The van der Waals surface area contributed by atoms with Crippen LogP contribution in [0.3, 0.4) is 0 Å². The van der Waals surface area contributed by atoms with Gasteiger partial charge in [-0.3, -0.25) is 4.79 Å². The number of benzene rings is 2. The van der Waals surface area contributed by atoms with E-state index >= 15 is 0 Å². The lowest BCUT2D eigenvalue weighted by atomic mass is 10.2. The molecule has 0 saturated carbocycles. The summed E-state index contributed by atoms with van der Waals surface area (Å²) in [5, 5.41) is 5.92. The summed E-state index contributed by atoms with van der Waals surface area (Å²) in [6, 6.07) is 10.1. The van der Waals surface area contributed by atoms with E-state index in [1.54, 1.807) is 30.3 Å². The summed E-state index contributed by atoms with van der Waals surface area (Å²) in [5.74, 6) is -0.545. The predicted octanol–water partition coefficient (Wildman–Crippen LogP) is 2.63. The van der Waals surface area contributed by atoms with Crippen LogP contribution in [0, 0.1) is 13.8 Å². The summed E-state index contributed by atoms with van der Waals surface area (Å²) >= 11 is 6.10. The average molecular weight is 366 g/mol. The highest BCUT2D eigenvalue weighted by Gasteiger charge is 2.33. The quantitative estimate of drug-likeness (QED) is 0.763. The van der Waals surface area contributed by atoms with E-state index in [-0.39, 0.29) is 4.90 Å². The molecule has 0 saturated heterocycles. The lowest BCUT2D eigenvalue weighted by molar-refractivity contribution is -0.117. The lowest BCUT2D eigenvalue weighted by Crippen LogP contribution is -2.51. The molecule has 8 heteroatoms. The van der Waals surface area contributed by atoms with Crippen molar-refractivity contribution in [2.75, 3.05) is 10.6 Å². The van der Waals surface area contributed by atoms with E-state index in [1.807, 2.05) is 13.8 Å². The highest BCUT2D eigenvalue weighted by molar-refractivity contribution is 7.89. The molecule has 0 fully saturated rings. The van der Waals surface area contributed by atoms with E-state index in [4.69, 9.17) is 11.6 Å². The molecule has 0 spiro atoms. The first-order chi connectivity index (χ1) is 11.3. The standard InChI is InChI=1S/C16H16ClN3O3S/c1-9-3-5-12(11(17)7-9)19-16(21)15-18-13-8-10(2)4-6-14(13)24(22,23)20-15/h3-8,15,18,20H,1-2H3,(H,19,21)/t15-/m0/s1. The van der Waals surface area contributed by atoms with Gasteiger partial charge in [0.05, 0.1) is 16.4 Å². The number of carbonyl (C=O) groups excluding carboxylic acids is 1. The predicted molar refractivity (Wildman–Crippen MR) is 93.7 cm³/mol. The maximum atomic E-state index is 12.4. The van der Waals surface area contributed by atoms with Crippen LogP contribution in [0.4, 0.5) is 11.4 Å². The monoisotopic (exact) mass is 365 g/mol. The maximum Gasteiger partial charge on any atom is 0.262 e. The van der Waals surface area contributed by atoms with E-state index in [0.717, 1.165) is 11.1 Å². The van der Waals surface area contributed by atoms with Crippen molar-refractivity contribution in [3.05, 3.63) is 52.5 Å². The molecule has 0 bridgehead atoms. The number of hydrogen-bond acceptors (Lipinski definition) is 4. The zero-order valence-corrected chi connectivity index (χ0v) is 14.6. The molecule has 1 heterocycles. The number of halogens is 1. The largest absolute Gasteiger partial charge is 0.360 e. The van der Waals surface area contributed by atoms with Gasteiger partial charge in [-0.15, -0.1) is 0 Å². The van der Waals surface area contributed by atoms with Crippen molar-refractivity contribution in [1.82, 2.24) is 4.72 Å². The van der Waals surface area contributed by atoms with Gasteiger partial charge in [-0.25, -0.2) is 8.42 Å². The second-order valence-electron chi connectivity index (χ2n) is 5.67. The van der Waals surface area contributed by atoms with Crippen molar-refractivity contribution in [3.63, 3.8) is 0 Å². The van der Waals surface area contributed by atoms with Crippen LogP contribution in [0.15, 0.2) is 41.3 Å². The molecule has 1 atom stereocenters. The molecule has 2 aromatic carbocycles. The highest BCUT2D eigenvalue weighted by Crippen LogP contribution is 2.28. The van der Waals surface area contributed by atoms with Crippen LogP contribution in [0.5, 0.6) is 0 Å². The van der Waals surface area contributed by atoms with E-state index in [2.05, 4.69) is 15.4 Å². The summed E-state index contributed by atoms with van der Waals surface area (Å²) in [6.07, 6.45) is -1.12. The smallest absolute Gasteiger partial charge is 0.262 e. The summed E-state index contributed by atoms with van der Waals surface area (Å²) < 4.78 is 26.9. The Morgan fingerprint density at radius 1 is 1.12 bits per heavy atom. The van der Waals surface area contributed by atoms with E-state index < -0.39 is 22.1 Å². The van der Waals surface area contributed by atoms with Crippen LogP contribution in [0.1, 0.15) is 11.1 Å². The first-order valence-corrected chi connectivity index (χ1v) is 9.09. The third-order valence-electron chi connectivity index (χ3n) is 3.64. The molecular weight excluding hydrogens is 350 g/mol. The molecule has 1 aliphatic rings. The molecule has 0 aromatic heterocycles. The Labute approximate surface area is 145 Å². The molecular formula is C16H16ClN3O3S. The number of amides is 1. The first kappa shape index (κ1) is 16.8. The van der Waals surface area contributed by atoms with Gasteiger partial charge in [0, 0.05) is 0 Å². The minimum Gasteiger partial charge on any atom is -0.360 e. The van der Waals surface area contributed by atoms with E-state index in [9.17, 15) is 13.2 Å². The minimum atomic E-state index is -3.77. The lowest BCUT2D eigenvalue weighted by Gasteiger charge is -2.27. The highest BCUT2D eigenvalue weighted by atomic mass is 35.5. The van der Waals surface area contributed by atoms with E-state index in [1.165, 1.54) is 6.07 Å². The number of rotatable bonds is 2. The minimum absolute atomic E-state index is 0.116. The second kappa shape index (κ2) is 6.08. The Kier molecular flexibility index (Phi) is 4.25. The van der Waals surface area contributed by atoms with Crippen molar-refractivity contribution in [2.24, 2.45) is 0 Å². The third-order valence-corrected chi connectivity index (χ3v) is 5.44. The summed E-state index contributed by atoms with van der Waals surface area (Å²) in [7, 11) is -3.77. The molecule has 24 heavy (non-hydrogen) atoms. The maximum absolute atomic E-state index is 12.4. The Bertz CT molecular complexity index is 928. The van der Waals surface area contributed by atoms with Gasteiger partial charge >= 0.3 is 0 Å². The molecule has 6 nitrogen and oxygen atoms in total. The van der Waals surface area contributed by atoms with Crippen LogP contribution in [-0.2, 0) is 14.8 Å². The van der Waals surface area contributed by atoms with Crippen molar-refractivity contribution in [2.45, 2.75) is 24.9 Å². The van der Waals surface area contributed by atoms with Crippen LogP contribution >= 0.6 is 11.6 Å². The van der Waals surface area contributed by atoms with Crippen LogP contribution in [0.2, 0.25) is 5.02 Å². The zero-order valence-electron chi connectivity index (χ0n) is 13.1. The second-order valence-corrected chi connectivity index (χ2v) is 7.76. The molecule has 2 aromatic rings. The summed E-state index contributed by atoms with van der Waals surface area (Å²) in [5.41, 5.74) is 2.66. The first-order valence-electron chi connectivity index (χ1n) is 7.23. The Balaban J connectivity index is 1.87. The summed E-state index contributed by atoms with van der Waals surface area (Å²) in [6.45, 7) is 3.73. The topological polar surface area (TPSA) is 87.3 Å². The fourth-order valence-corrected chi connectivity index (χ4v) is 3.98. The molecule has 1 aliphatic heterocycles. The van der Waals surface area contributed by atoms with Crippen molar-refractivity contribution < 1.29 is 13.2 Å². The molecule has 0 unspecified atom stereocenters. The Hall–Kier alpha value is -2.09. The van der Waals surface area contributed by atoms with Gasteiger partial charge in [-0.05, 0) is 49.2 Å². The molecule has 1 amide bonds. The number of anilines is 2. The van der Waals surface area contributed by atoms with Crippen LogP contribution < -0.4 is 15.4 Å². The number of fused-ring (bicyclic) bond motifs is 1. The van der Waals surface area contributed by atoms with Crippen LogP contribution in [-0.4, -0.2) is 20.5 Å². The summed E-state index contributed by atoms with van der Waals surface area (Å²) in [4.78, 5) is 12.5. The fraction of sp³-hybridized carbons (Fsp3) is 0.188. The van der Waals surface area contributed by atoms with Crippen LogP contribution in [0.25, 0.3) is 0 Å². The number of hydrogen-bond donors (Lipinski definition) is 3. The van der Waals surface area contributed by atoms with Gasteiger partial charge in [0.25, 0.3) is 5.91 Å². The van der Waals surface area contributed by atoms with Gasteiger partial charge in [0.2, 0.25) is 10.0 Å².